The topological polar surface area (TPSA) is 50.4 Å². The van der Waals surface area contributed by atoms with E-state index in [2.05, 4.69) is 17.6 Å². The molecule has 1 aliphatic heterocycles. The molecule has 2 unspecified atom stereocenters. The van der Waals surface area contributed by atoms with E-state index in [-0.39, 0.29) is 36.8 Å². The molecule has 2 aromatic rings. The van der Waals surface area contributed by atoms with Crippen molar-refractivity contribution in [1.82, 2.24) is 10.6 Å². The summed E-state index contributed by atoms with van der Waals surface area (Å²) in [6.45, 7) is 4.25. The van der Waals surface area contributed by atoms with E-state index in [4.69, 9.17) is 4.74 Å². The minimum atomic E-state index is -0.333. The molecular weight excluding hydrogens is 355 g/mol. The van der Waals surface area contributed by atoms with E-state index >= 15 is 0 Å². The monoisotopic (exact) mass is 378 g/mol. The highest BCUT2D eigenvalue weighted by Crippen LogP contribution is 2.16. The third kappa shape index (κ3) is 5.44. The zero-order valence-electron chi connectivity index (χ0n) is 14.7. The molecule has 2 N–H and O–H groups in total. The third-order valence-electron chi connectivity index (χ3n) is 4.53. The van der Waals surface area contributed by atoms with Gasteiger partial charge in [-0.05, 0) is 48.7 Å². The second-order valence-corrected chi connectivity index (χ2v) is 6.50. The molecule has 0 aromatic heterocycles. The van der Waals surface area contributed by atoms with Crippen LogP contribution in [0.2, 0.25) is 0 Å². The van der Waals surface area contributed by atoms with E-state index in [9.17, 15) is 9.18 Å². The van der Waals surface area contributed by atoms with Crippen molar-refractivity contribution in [2.24, 2.45) is 5.92 Å². The number of rotatable bonds is 5. The quantitative estimate of drug-likeness (QED) is 0.836. The zero-order valence-corrected chi connectivity index (χ0v) is 15.5. The van der Waals surface area contributed by atoms with Crippen molar-refractivity contribution in [1.29, 1.82) is 0 Å². The standard InChI is InChI=1S/C20H23FN2O2.ClH/c1-14-8-9-22-12-19(14)23-20(24)16-5-2-4-15(10-16)13-25-18-7-3-6-17(21)11-18;/h2-7,10-11,14,19,22H,8-9,12-13H2,1H3,(H,23,24);1H. The highest BCUT2D eigenvalue weighted by atomic mass is 35.5. The molecule has 0 aliphatic carbocycles. The number of nitrogens with one attached hydrogen (secondary N) is 2. The minimum Gasteiger partial charge on any atom is -0.489 e. The van der Waals surface area contributed by atoms with Crippen LogP contribution in [0.3, 0.4) is 0 Å². The van der Waals surface area contributed by atoms with Crippen LogP contribution < -0.4 is 15.4 Å². The molecular formula is C20H24ClFN2O2. The van der Waals surface area contributed by atoms with Crippen LogP contribution >= 0.6 is 12.4 Å². The second-order valence-electron chi connectivity index (χ2n) is 6.50. The summed E-state index contributed by atoms with van der Waals surface area (Å²) >= 11 is 0. The van der Waals surface area contributed by atoms with Gasteiger partial charge in [-0.25, -0.2) is 4.39 Å². The van der Waals surface area contributed by atoms with Crippen molar-refractivity contribution in [2.75, 3.05) is 13.1 Å². The lowest BCUT2D eigenvalue weighted by Crippen LogP contribution is -2.50. The molecule has 140 valence electrons. The Hall–Kier alpha value is -2.11. The molecule has 1 heterocycles. The normalized spacial score (nSPS) is 19.3. The molecule has 3 rings (SSSR count). The number of carbonyl (C=O) groups is 1. The average Bonchev–Trinajstić information content (AvgIpc) is 2.62. The lowest BCUT2D eigenvalue weighted by atomic mass is 9.94. The molecule has 0 radical (unpaired) electrons. The van der Waals surface area contributed by atoms with Crippen LogP contribution in [0.25, 0.3) is 0 Å². The Kier molecular flexibility index (Phi) is 7.42. The molecule has 1 aliphatic rings. The number of carbonyl (C=O) groups excluding carboxylic acids is 1. The summed E-state index contributed by atoms with van der Waals surface area (Å²) in [6, 6.07) is 13.5. The highest BCUT2D eigenvalue weighted by molar-refractivity contribution is 5.94. The van der Waals surface area contributed by atoms with E-state index in [1.807, 2.05) is 18.2 Å². The van der Waals surface area contributed by atoms with Crippen molar-refractivity contribution in [3.05, 3.63) is 65.5 Å². The number of hydrogen-bond acceptors (Lipinski definition) is 3. The summed E-state index contributed by atoms with van der Waals surface area (Å²) in [6.07, 6.45) is 1.06. The lowest BCUT2D eigenvalue weighted by molar-refractivity contribution is 0.0915. The summed E-state index contributed by atoms with van der Waals surface area (Å²) in [5.74, 6) is 0.524. The zero-order chi connectivity index (χ0) is 17.6. The number of hydrogen-bond donors (Lipinski definition) is 2. The maximum absolute atomic E-state index is 13.2. The van der Waals surface area contributed by atoms with E-state index in [0.717, 1.165) is 25.1 Å². The first-order chi connectivity index (χ1) is 12.1. The number of amides is 1. The van der Waals surface area contributed by atoms with Crippen LogP contribution in [0.4, 0.5) is 4.39 Å². The van der Waals surface area contributed by atoms with Crippen LogP contribution in [0.15, 0.2) is 48.5 Å². The van der Waals surface area contributed by atoms with Gasteiger partial charge in [-0.2, -0.15) is 0 Å². The maximum atomic E-state index is 13.2. The fourth-order valence-corrected chi connectivity index (χ4v) is 2.96. The van der Waals surface area contributed by atoms with Crippen LogP contribution in [-0.4, -0.2) is 25.0 Å². The van der Waals surface area contributed by atoms with Gasteiger partial charge in [0.15, 0.2) is 0 Å². The van der Waals surface area contributed by atoms with Gasteiger partial charge in [-0.3, -0.25) is 4.79 Å². The Bertz CT molecular complexity index is 741. The van der Waals surface area contributed by atoms with Gasteiger partial charge in [-0.15, -0.1) is 12.4 Å². The Morgan fingerprint density at radius 2 is 2.08 bits per heavy atom. The number of piperidine rings is 1. The van der Waals surface area contributed by atoms with E-state index in [1.165, 1.54) is 12.1 Å². The first-order valence-corrected chi connectivity index (χ1v) is 8.61. The lowest BCUT2D eigenvalue weighted by Gasteiger charge is -2.30. The summed E-state index contributed by atoms with van der Waals surface area (Å²) in [5.41, 5.74) is 1.48. The summed E-state index contributed by atoms with van der Waals surface area (Å²) in [7, 11) is 0. The molecule has 0 bridgehead atoms. The average molecular weight is 379 g/mol. The number of benzene rings is 2. The molecule has 1 saturated heterocycles. The molecule has 2 aromatic carbocycles. The second kappa shape index (κ2) is 9.55. The van der Waals surface area contributed by atoms with Gasteiger partial charge < -0.3 is 15.4 Å². The smallest absolute Gasteiger partial charge is 0.251 e. The predicted molar refractivity (Wildman–Crippen MR) is 102 cm³/mol. The Morgan fingerprint density at radius 1 is 1.27 bits per heavy atom. The van der Waals surface area contributed by atoms with Crippen molar-refractivity contribution in [3.63, 3.8) is 0 Å². The van der Waals surface area contributed by atoms with Gasteiger partial charge >= 0.3 is 0 Å². The first kappa shape index (κ1) is 20.2. The van der Waals surface area contributed by atoms with Crippen molar-refractivity contribution in [3.8, 4) is 5.75 Å². The van der Waals surface area contributed by atoms with Crippen LogP contribution in [0.5, 0.6) is 5.75 Å². The highest BCUT2D eigenvalue weighted by Gasteiger charge is 2.23. The van der Waals surface area contributed by atoms with E-state index in [0.29, 0.717) is 17.2 Å². The molecule has 0 spiro atoms. The fourth-order valence-electron chi connectivity index (χ4n) is 2.96. The molecule has 6 heteroatoms. The van der Waals surface area contributed by atoms with Crippen LogP contribution in [0, 0.1) is 11.7 Å². The number of ether oxygens (including phenoxy) is 1. The third-order valence-corrected chi connectivity index (χ3v) is 4.53. The minimum absolute atomic E-state index is 0. The Balaban J connectivity index is 0.00000243. The largest absolute Gasteiger partial charge is 0.489 e. The summed E-state index contributed by atoms with van der Waals surface area (Å²) in [5, 5.41) is 6.41. The van der Waals surface area contributed by atoms with E-state index in [1.54, 1.807) is 18.2 Å². The predicted octanol–water partition coefficient (Wildman–Crippen LogP) is 3.55. The van der Waals surface area contributed by atoms with E-state index < -0.39 is 0 Å². The Morgan fingerprint density at radius 3 is 2.85 bits per heavy atom. The van der Waals surface area contributed by atoms with Crippen LogP contribution in [0.1, 0.15) is 29.3 Å². The SMILES string of the molecule is CC1CCNCC1NC(=O)c1cccc(COc2cccc(F)c2)c1.Cl. The number of halogens is 2. The molecule has 0 saturated carbocycles. The fraction of sp³-hybridized carbons (Fsp3) is 0.350. The Labute approximate surface area is 159 Å². The van der Waals surface area contributed by atoms with Gasteiger partial charge in [0.05, 0.1) is 0 Å². The maximum Gasteiger partial charge on any atom is 0.251 e. The summed E-state index contributed by atoms with van der Waals surface area (Å²) < 4.78 is 18.8. The summed E-state index contributed by atoms with van der Waals surface area (Å²) in [4.78, 5) is 12.5. The first-order valence-electron chi connectivity index (χ1n) is 8.61. The molecule has 1 amide bonds. The van der Waals surface area contributed by atoms with Crippen LogP contribution in [-0.2, 0) is 6.61 Å². The van der Waals surface area contributed by atoms with Gasteiger partial charge in [0.1, 0.15) is 18.2 Å². The molecule has 2 atom stereocenters. The molecule has 1 fully saturated rings. The molecule has 26 heavy (non-hydrogen) atoms. The van der Waals surface area contributed by atoms with Gasteiger partial charge in [0.2, 0.25) is 0 Å². The van der Waals surface area contributed by atoms with Crippen molar-refractivity contribution >= 4 is 18.3 Å². The van der Waals surface area contributed by atoms with Gasteiger partial charge in [0.25, 0.3) is 5.91 Å². The van der Waals surface area contributed by atoms with Gasteiger partial charge in [0, 0.05) is 24.2 Å². The molecule has 4 nitrogen and oxygen atoms in total. The van der Waals surface area contributed by atoms with Crippen molar-refractivity contribution in [2.45, 2.75) is 26.0 Å². The van der Waals surface area contributed by atoms with Gasteiger partial charge in [-0.1, -0.05) is 25.1 Å². The van der Waals surface area contributed by atoms with Crippen molar-refractivity contribution < 1.29 is 13.9 Å².